The van der Waals surface area contributed by atoms with Crippen LogP contribution in [-0.4, -0.2) is 60.7 Å². The molecule has 0 radical (unpaired) electrons. The van der Waals surface area contributed by atoms with Gasteiger partial charge in [0.05, 0.1) is 29.2 Å². The number of sulfone groups is 1. The van der Waals surface area contributed by atoms with Crippen molar-refractivity contribution in [2.45, 2.75) is 23.5 Å². The van der Waals surface area contributed by atoms with Crippen molar-refractivity contribution in [3.63, 3.8) is 0 Å². The van der Waals surface area contributed by atoms with Gasteiger partial charge in [0.2, 0.25) is 0 Å². The van der Waals surface area contributed by atoms with Gasteiger partial charge in [0.25, 0.3) is 5.91 Å². The summed E-state index contributed by atoms with van der Waals surface area (Å²) < 4.78 is 50.7. The molecule has 2 aliphatic heterocycles. The highest BCUT2D eigenvalue weighted by atomic mass is 32.2. The summed E-state index contributed by atoms with van der Waals surface area (Å²) in [6.07, 6.45) is 3.25. The second kappa shape index (κ2) is 7.96. The van der Waals surface area contributed by atoms with E-state index in [0.29, 0.717) is 30.0 Å². The smallest absolute Gasteiger partial charge is 0.257 e. The van der Waals surface area contributed by atoms with E-state index in [1.165, 1.54) is 24.5 Å². The first kappa shape index (κ1) is 21.9. The number of nitrogens with zero attached hydrogens (tertiary/aromatic N) is 3. The molecule has 0 N–H and O–H groups in total. The molecule has 0 saturated carbocycles. The van der Waals surface area contributed by atoms with Crippen LogP contribution in [0.4, 0.5) is 4.39 Å². The Hall–Kier alpha value is -3.63. The van der Waals surface area contributed by atoms with Gasteiger partial charge in [-0.05, 0) is 42.8 Å². The van der Waals surface area contributed by atoms with Crippen molar-refractivity contribution in [3.8, 4) is 22.6 Å². The van der Waals surface area contributed by atoms with E-state index in [1.807, 2.05) is 0 Å². The number of hydrogen-bond donors (Lipinski definition) is 0. The summed E-state index contributed by atoms with van der Waals surface area (Å²) in [7, 11) is -3.33. The lowest BCUT2D eigenvalue weighted by Gasteiger charge is -2.27. The van der Waals surface area contributed by atoms with Crippen LogP contribution in [0.2, 0.25) is 0 Å². The van der Waals surface area contributed by atoms with Gasteiger partial charge in [0.15, 0.2) is 15.4 Å². The molecular weight excluding hydrogens is 473 g/mol. The lowest BCUT2D eigenvalue weighted by Crippen LogP contribution is -2.41. The first-order chi connectivity index (χ1) is 16.8. The van der Waals surface area contributed by atoms with E-state index in [4.69, 9.17) is 9.15 Å². The fourth-order valence-corrected chi connectivity index (χ4v) is 5.37. The number of hydrogen-bond acceptors (Lipinski definition) is 7. The number of furan rings is 1. The SMILES string of the molecule is CS(=O)(=O)c1ccc(-c2cc3ncnc(-c4cccc(C(=O)N5C[C@H]6C[C@@H]5CO6)c4F)c3o2)cc1. The monoisotopic (exact) mass is 493 g/mol. The Morgan fingerprint density at radius 1 is 1.14 bits per heavy atom. The molecule has 35 heavy (non-hydrogen) atoms. The van der Waals surface area contributed by atoms with Gasteiger partial charge >= 0.3 is 0 Å². The van der Waals surface area contributed by atoms with E-state index in [0.717, 1.165) is 12.7 Å². The van der Waals surface area contributed by atoms with E-state index in [9.17, 15) is 13.2 Å². The van der Waals surface area contributed by atoms with Crippen LogP contribution in [0.3, 0.4) is 0 Å². The maximum atomic E-state index is 15.7. The van der Waals surface area contributed by atoms with Gasteiger partial charge in [-0.15, -0.1) is 0 Å². The Morgan fingerprint density at radius 3 is 2.63 bits per heavy atom. The Morgan fingerprint density at radius 2 is 1.94 bits per heavy atom. The molecule has 4 heterocycles. The summed E-state index contributed by atoms with van der Waals surface area (Å²) in [6.45, 7) is 0.940. The van der Waals surface area contributed by atoms with Crippen molar-refractivity contribution >= 4 is 26.8 Å². The zero-order valence-corrected chi connectivity index (χ0v) is 19.5. The van der Waals surface area contributed by atoms with Crippen LogP contribution in [0.5, 0.6) is 0 Å². The molecule has 0 spiro atoms. The molecule has 2 aromatic carbocycles. The zero-order chi connectivity index (χ0) is 24.3. The average Bonchev–Trinajstić information content (AvgIpc) is 3.59. The third kappa shape index (κ3) is 3.69. The molecule has 0 aliphatic carbocycles. The van der Waals surface area contributed by atoms with Gasteiger partial charge in [-0.25, -0.2) is 22.8 Å². The largest absolute Gasteiger partial charge is 0.452 e. The topological polar surface area (TPSA) is 103 Å². The van der Waals surface area contributed by atoms with Gasteiger partial charge in [-0.3, -0.25) is 4.79 Å². The molecule has 0 unspecified atom stereocenters. The first-order valence-electron chi connectivity index (χ1n) is 11.1. The Kier molecular flexibility index (Phi) is 4.97. The van der Waals surface area contributed by atoms with Crippen molar-refractivity contribution < 1.29 is 26.8 Å². The van der Waals surface area contributed by atoms with Crippen molar-refractivity contribution in [1.29, 1.82) is 0 Å². The third-order valence-electron chi connectivity index (χ3n) is 6.52. The fraction of sp³-hybridized carbons (Fsp3) is 0.240. The minimum atomic E-state index is -3.33. The Labute approximate surface area is 200 Å². The number of carbonyl (C=O) groups is 1. The quantitative estimate of drug-likeness (QED) is 0.427. The van der Waals surface area contributed by atoms with Crippen molar-refractivity contribution in [2.75, 3.05) is 19.4 Å². The molecule has 2 fully saturated rings. The molecule has 10 heteroatoms. The summed E-state index contributed by atoms with van der Waals surface area (Å²) >= 11 is 0. The highest BCUT2D eigenvalue weighted by molar-refractivity contribution is 7.90. The maximum absolute atomic E-state index is 15.7. The van der Waals surface area contributed by atoms with Crippen molar-refractivity contribution in [2.24, 2.45) is 0 Å². The number of aromatic nitrogens is 2. The van der Waals surface area contributed by atoms with Gasteiger partial charge in [0.1, 0.15) is 29.1 Å². The standard InChI is InChI=1S/C25H20FN3O5S/c1-35(31,32)17-7-5-14(6-8-17)21-10-20-24(34-21)23(28-13-27-20)18-3-2-4-19(22(18)26)25(30)29-11-16-9-15(29)12-33-16/h2-8,10,13,15-16H,9,11-12H2,1H3/t15-,16-/m1/s1. The van der Waals surface area contributed by atoms with Gasteiger partial charge in [0, 0.05) is 30.0 Å². The summed E-state index contributed by atoms with van der Waals surface area (Å²) in [5, 5.41) is 0. The van der Waals surface area contributed by atoms with Crippen LogP contribution in [0.1, 0.15) is 16.8 Å². The van der Waals surface area contributed by atoms with Crippen LogP contribution in [-0.2, 0) is 14.6 Å². The molecule has 2 aromatic heterocycles. The second-order valence-corrected chi connectivity index (χ2v) is 10.8. The highest BCUT2D eigenvalue weighted by Gasteiger charge is 2.42. The van der Waals surface area contributed by atoms with Crippen LogP contribution < -0.4 is 0 Å². The molecule has 4 aromatic rings. The predicted octanol–water partition coefficient (Wildman–Crippen LogP) is 3.71. The highest BCUT2D eigenvalue weighted by Crippen LogP contribution is 2.35. The van der Waals surface area contributed by atoms with Gasteiger partial charge < -0.3 is 14.1 Å². The molecular formula is C25H20FN3O5S. The molecule has 2 aliphatic rings. The van der Waals surface area contributed by atoms with E-state index >= 15 is 4.39 Å². The van der Waals surface area contributed by atoms with E-state index in [2.05, 4.69) is 9.97 Å². The normalized spacial score (nSPS) is 19.5. The number of likely N-dealkylation sites (tertiary alicyclic amines) is 1. The van der Waals surface area contributed by atoms with Gasteiger partial charge in [-0.2, -0.15) is 0 Å². The maximum Gasteiger partial charge on any atom is 0.257 e. The van der Waals surface area contributed by atoms with Crippen LogP contribution >= 0.6 is 0 Å². The Bertz CT molecular complexity index is 1580. The van der Waals surface area contributed by atoms with Crippen LogP contribution in [0.25, 0.3) is 33.7 Å². The number of benzene rings is 2. The zero-order valence-electron chi connectivity index (χ0n) is 18.6. The number of amides is 1. The van der Waals surface area contributed by atoms with E-state index < -0.39 is 15.7 Å². The minimum Gasteiger partial charge on any atom is -0.452 e. The molecule has 2 saturated heterocycles. The molecule has 8 nitrogen and oxygen atoms in total. The van der Waals surface area contributed by atoms with Crippen molar-refractivity contribution in [1.82, 2.24) is 14.9 Å². The number of morpholine rings is 1. The molecule has 2 bridgehead atoms. The molecule has 6 rings (SSSR count). The number of fused-ring (bicyclic) bond motifs is 3. The van der Waals surface area contributed by atoms with Crippen LogP contribution in [0, 0.1) is 5.82 Å². The lowest BCUT2D eigenvalue weighted by molar-refractivity contribution is 0.0256. The number of ether oxygens (including phenoxy) is 1. The predicted molar refractivity (Wildman–Crippen MR) is 125 cm³/mol. The molecule has 2 atom stereocenters. The van der Waals surface area contributed by atoms with Crippen LogP contribution in [0.15, 0.2) is 64.2 Å². The minimum absolute atomic E-state index is 0.0183. The average molecular weight is 494 g/mol. The Balaban J connectivity index is 1.39. The summed E-state index contributed by atoms with van der Waals surface area (Å²) in [4.78, 5) is 23.5. The van der Waals surface area contributed by atoms with Gasteiger partial charge in [-0.1, -0.05) is 6.07 Å². The first-order valence-corrected chi connectivity index (χ1v) is 13.0. The number of rotatable bonds is 4. The molecule has 1 amide bonds. The third-order valence-corrected chi connectivity index (χ3v) is 7.65. The fourth-order valence-electron chi connectivity index (χ4n) is 4.74. The lowest BCUT2D eigenvalue weighted by atomic mass is 10.0. The summed E-state index contributed by atoms with van der Waals surface area (Å²) in [6, 6.07) is 12.6. The summed E-state index contributed by atoms with van der Waals surface area (Å²) in [5.41, 5.74) is 1.71. The van der Waals surface area contributed by atoms with E-state index in [1.54, 1.807) is 35.2 Å². The number of carbonyl (C=O) groups excluding carboxylic acids is 1. The summed E-state index contributed by atoms with van der Waals surface area (Å²) in [5.74, 6) is -0.601. The van der Waals surface area contributed by atoms with Crippen molar-refractivity contribution in [3.05, 3.63) is 66.2 Å². The number of halogens is 1. The molecule has 178 valence electrons. The second-order valence-electron chi connectivity index (χ2n) is 8.81. The van der Waals surface area contributed by atoms with E-state index in [-0.39, 0.29) is 45.4 Å².